The van der Waals surface area contributed by atoms with Gasteiger partial charge in [-0.3, -0.25) is 14.3 Å². The number of aromatic nitrogens is 2. The largest absolute Gasteiger partial charge is 0.465 e. The van der Waals surface area contributed by atoms with Crippen molar-refractivity contribution in [3.8, 4) is 0 Å². The van der Waals surface area contributed by atoms with Crippen molar-refractivity contribution in [2.45, 2.75) is 104 Å². The second-order valence-corrected chi connectivity index (χ2v) is 10.9. The second kappa shape index (κ2) is 10.1. The average Bonchev–Trinajstić information content (AvgIpc) is 3.23. The SMILES string of the molecule is CCn1ncc(C(=O)c2cc(C)c3c(c2C)C(C)(C)CCC3)c1CCOC(=O)C1CCCCC1. The van der Waals surface area contributed by atoms with Crippen LogP contribution in [-0.2, 0) is 34.3 Å². The van der Waals surface area contributed by atoms with E-state index in [1.807, 2.05) is 11.6 Å². The molecule has 2 aliphatic rings. The molecule has 1 aromatic heterocycles. The first kappa shape index (κ1) is 24.7. The summed E-state index contributed by atoms with van der Waals surface area (Å²) in [6.07, 6.45) is 10.9. The maximum Gasteiger partial charge on any atom is 0.308 e. The summed E-state index contributed by atoms with van der Waals surface area (Å²) < 4.78 is 7.52. The Labute approximate surface area is 204 Å². The van der Waals surface area contributed by atoms with Crippen LogP contribution in [0.15, 0.2) is 12.3 Å². The van der Waals surface area contributed by atoms with Crippen LogP contribution < -0.4 is 0 Å². The summed E-state index contributed by atoms with van der Waals surface area (Å²) in [5.74, 6) is -0.0213. The fourth-order valence-corrected chi connectivity index (χ4v) is 6.26. The van der Waals surface area contributed by atoms with E-state index in [4.69, 9.17) is 4.74 Å². The molecule has 5 heteroatoms. The molecule has 0 N–H and O–H groups in total. The maximum absolute atomic E-state index is 13.8. The van der Waals surface area contributed by atoms with Gasteiger partial charge in [-0.1, -0.05) is 33.1 Å². The summed E-state index contributed by atoms with van der Waals surface area (Å²) in [6, 6.07) is 2.08. The van der Waals surface area contributed by atoms with Gasteiger partial charge in [-0.15, -0.1) is 0 Å². The summed E-state index contributed by atoms with van der Waals surface area (Å²) in [6.45, 7) is 11.8. The van der Waals surface area contributed by atoms with E-state index in [1.165, 1.54) is 29.5 Å². The lowest BCUT2D eigenvalue weighted by Crippen LogP contribution is -2.27. The van der Waals surface area contributed by atoms with Crippen molar-refractivity contribution in [2.75, 3.05) is 6.61 Å². The van der Waals surface area contributed by atoms with Crippen molar-refractivity contribution >= 4 is 11.8 Å². The van der Waals surface area contributed by atoms with Crippen LogP contribution in [0.2, 0.25) is 0 Å². The fraction of sp³-hybridized carbons (Fsp3) is 0.621. The Balaban J connectivity index is 1.58. The number of rotatable bonds is 7. The predicted octanol–water partition coefficient (Wildman–Crippen LogP) is 6.03. The second-order valence-electron chi connectivity index (χ2n) is 10.9. The topological polar surface area (TPSA) is 61.2 Å². The Bertz CT molecular complexity index is 1070. The molecule has 0 amide bonds. The standard InChI is InChI=1S/C29H40N2O3/c1-6-31-25(14-16-34-28(33)21-11-8-7-9-12-21)24(18-30-31)27(32)23-17-19(2)22-13-10-15-29(4,5)26(22)20(23)3/h17-18,21H,6-16H2,1-5H3. The lowest BCUT2D eigenvalue weighted by Gasteiger charge is -2.36. The summed E-state index contributed by atoms with van der Waals surface area (Å²) in [7, 11) is 0. The number of benzene rings is 1. The highest BCUT2D eigenvalue weighted by Crippen LogP contribution is 2.41. The maximum atomic E-state index is 13.8. The number of carbonyl (C=O) groups excluding carboxylic acids is 2. The molecule has 0 radical (unpaired) electrons. The highest BCUT2D eigenvalue weighted by molar-refractivity contribution is 6.11. The lowest BCUT2D eigenvalue weighted by atomic mass is 9.68. The van der Waals surface area contributed by atoms with Crippen LogP contribution in [0, 0.1) is 19.8 Å². The molecule has 184 valence electrons. The van der Waals surface area contributed by atoms with Crippen LogP contribution in [0.5, 0.6) is 0 Å². The number of ether oxygens (including phenoxy) is 1. The summed E-state index contributed by atoms with van der Waals surface area (Å²) in [5, 5.41) is 4.49. The minimum atomic E-state index is -0.0847. The Kier molecular flexibility index (Phi) is 7.30. The van der Waals surface area contributed by atoms with Crippen LogP contribution in [0.25, 0.3) is 0 Å². The average molecular weight is 465 g/mol. The van der Waals surface area contributed by atoms with Crippen molar-refractivity contribution in [1.82, 2.24) is 9.78 Å². The molecular formula is C29H40N2O3. The highest BCUT2D eigenvalue weighted by atomic mass is 16.5. The number of fused-ring (bicyclic) bond motifs is 1. The van der Waals surface area contributed by atoms with Crippen molar-refractivity contribution in [1.29, 1.82) is 0 Å². The Morgan fingerprint density at radius 2 is 1.85 bits per heavy atom. The molecule has 1 aromatic carbocycles. The van der Waals surface area contributed by atoms with Gasteiger partial charge in [0.2, 0.25) is 0 Å². The van der Waals surface area contributed by atoms with E-state index < -0.39 is 0 Å². The molecule has 5 nitrogen and oxygen atoms in total. The van der Waals surface area contributed by atoms with Crippen molar-refractivity contribution in [2.24, 2.45) is 5.92 Å². The molecule has 2 aromatic rings. The number of hydrogen-bond donors (Lipinski definition) is 0. The summed E-state index contributed by atoms with van der Waals surface area (Å²) in [4.78, 5) is 26.3. The van der Waals surface area contributed by atoms with Gasteiger partial charge in [0.1, 0.15) is 0 Å². The zero-order chi connectivity index (χ0) is 24.5. The highest BCUT2D eigenvalue weighted by Gasteiger charge is 2.33. The number of hydrogen-bond acceptors (Lipinski definition) is 4. The summed E-state index contributed by atoms with van der Waals surface area (Å²) in [5.41, 5.74) is 7.43. The molecule has 0 spiro atoms. The van der Waals surface area contributed by atoms with E-state index in [2.05, 4.69) is 38.9 Å². The quantitative estimate of drug-likeness (QED) is 0.371. The molecule has 0 aliphatic heterocycles. The molecule has 34 heavy (non-hydrogen) atoms. The van der Waals surface area contributed by atoms with Gasteiger partial charge in [-0.05, 0) is 86.6 Å². The molecule has 1 heterocycles. The van der Waals surface area contributed by atoms with Gasteiger partial charge >= 0.3 is 5.97 Å². The first-order chi connectivity index (χ1) is 16.2. The fourth-order valence-electron chi connectivity index (χ4n) is 6.26. The minimum Gasteiger partial charge on any atom is -0.465 e. The van der Waals surface area contributed by atoms with Crippen molar-refractivity contribution in [3.63, 3.8) is 0 Å². The molecule has 1 saturated carbocycles. The van der Waals surface area contributed by atoms with E-state index in [0.29, 0.717) is 18.5 Å². The normalized spacial score (nSPS) is 17.9. The smallest absolute Gasteiger partial charge is 0.308 e. The van der Waals surface area contributed by atoms with Gasteiger partial charge in [0.05, 0.1) is 30.0 Å². The van der Waals surface area contributed by atoms with Crippen molar-refractivity contribution in [3.05, 3.63) is 51.3 Å². The molecule has 0 unspecified atom stereocenters. The molecule has 0 bridgehead atoms. The van der Waals surface area contributed by atoms with Crippen LogP contribution in [-0.4, -0.2) is 28.1 Å². The molecule has 0 atom stereocenters. The number of esters is 1. The van der Waals surface area contributed by atoms with Gasteiger partial charge in [-0.2, -0.15) is 5.10 Å². The third kappa shape index (κ3) is 4.71. The molecular weight excluding hydrogens is 424 g/mol. The Morgan fingerprint density at radius 3 is 2.56 bits per heavy atom. The van der Waals surface area contributed by atoms with Crippen LogP contribution in [0.3, 0.4) is 0 Å². The van der Waals surface area contributed by atoms with Gasteiger partial charge in [-0.25, -0.2) is 0 Å². The third-order valence-electron chi connectivity index (χ3n) is 8.08. The number of ketones is 1. The number of aryl methyl sites for hydroxylation is 2. The van der Waals surface area contributed by atoms with E-state index in [0.717, 1.165) is 55.3 Å². The van der Waals surface area contributed by atoms with Crippen LogP contribution >= 0.6 is 0 Å². The molecule has 0 saturated heterocycles. The predicted molar refractivity (Wildman–Crippen MR) is 134 cm³/mol. The molecule has 1 fully saturated rings. The lowest BCUT2D eigenvalue weighted by molar-refractivity contribution is -0.149. The summed E-state index contributed by atoms with van der Waals surface area (Å²) >= 11 is 0. The van der Waals surface area contributed by atoms with Crippen LogP contribution in [0.4, 0.5) is 0 Å². The third-order valence-corrected chi connectivity index (χ3v) is 8.08. The monoisotopic (exact) mass is 464 g/mol. The van der Waals surface area contributed by atoms with E-state index in [-0.39, 0.29) is 29.7 Å². The van der Waals surface area contributed by atoms with Gasteiger partial charge in [0.25, 0.3) is 0 Å². The van der Waals surface area contributed by atoms with E-state index in [1.54, 1.807) is 6.20 Å². The van der Waals surface area contributed by atoms with Gasteiger partial charge in [0, 0.05) is 18.5 Å². The van der Waals surface area contributed by atoms with Gasteiger partial charge < -0.3 is 4.74 Å². The van der Waals surface area contributed by atoms with Crippen LogP contribution in [0.1, 0.15) is 110 Å². The zero-order valence-electron chi connectivity index (χ0n) is 21.6. The number of carbonyl (C=O) groups is 2. The minimum absolute atomic E-state index is 0.0260. The molecule has 4 rings (SSSR count). The number of nitrogens with zero attached hydrogens (tertiary/aromatic N) is 2. The van der Waals surface area contributed by atoms with E-state index in [9.17, 15) is 9.59 Å². The first-order valence-corrected chi connectivity index (χ1v) is 13.1. The van der Waals surface area contributed by atoms with E-state index >= 15 is 0 Å². The Hall–Kier alpha value is -2.43. The zero-order valence-corrected chi connectivity index (χ0v) is 21.6. The Morgan fingerprint density at radius 1 is 1.12 bits per heavy atom. The molecule has 2 aliphatic carbocycles. The van der Waals surface area contributed by atoms with Gasteiger partial charge in [0.15, 0.2) is 5.78 Å². The van der Waals surface area contributed by atoms with Crippen molar-refractivity contribution < 1.29 is 14.3 Å². The first-order valence-electron chi connectivity index (χ1n) is 13.1.